The molecule has 28 heavy (non-hydrogen) atoms. The van der Waals surface area contributed by atoms with Crippen LogP contribution in [0.3, 0.4) is 0 Å². The van der Waals surface area contributed by atoms with Crippen LogP contribution in [0.4, 0.5) is 5.95 Å². The molecule has 150 valence electrons. The van der Waals surface area contributed by atoms with Gasteiger partial charge in [-0.2, -0.15) is 10.1 Å². The van der Waals surface area contributed by atoms with Crippen molar-refractivity contribution >= 4 is 11.9 Å². The minimum atomic E-state index is -0.476. The smallest absolute Gasteiger partial charge is 0.338 e. The van der Waals surface area contributed by atoms with Gasteiger partial charge in [0.25, 0.3) is 0 Å². The summed E-state index contributed by atoms with van der Waals surface area (Å²) in [4.78, 5) is 16.9. The third-order valence-corrected chi connectivity index (χ3v) is 4.55. The van der Waals surface area contributed by atoms with Gasteiger partial charge in [-0.05, 0) is 38.0 Å². The maximum Gasteiger partial charge on any atom is 0.338 e. The normalized spacial score (nSPS) is 15.6. The molecule has 1 N–H and O–H groups in total. The third-order valence-electron chi connectivity index (χ3n) is 4.55. The van der Waals surface area contributed by atoms with E-state index in [-0.39, 0.29) is 5.97 Å². The maximum atomic E-state index is 12.7. The van der Waals surface area contributed by atoms with Crippen molar-refractivity contribution in [1.82, 2.24) is 14.8 Å². The molecule has 0 saturated carbocycles. The summed E-state index contributed by atoms with van der Waals surface area (Å²) >= 11 is 0. The number of benzene rings is 1. The fourth-order valence-corrected chi connectivity index (χ4v) is 3.17. The lowest BCUT2D eigenvalue weighted by Crippen LogP contribution is -2.29. The predicted octanol–water partition coefficient (Wildman–Crippen LogP) is 3.32. The highest BCUT2D eigenvalue weighted by Gasteiger charge is 2.34. The molecule has 1 unspecified atom stereocenters. The van der Waals surface area contributed by atoms with Gasteiger partial charge in [0.05, 0.1) is 25.9 Å². The van der Waals surface area contributed by atoms with Crippen LogP contribution in [0.5, 0.6) is 11.5 Å². The zero-order valence-electron chi connectivity index (χ0n) is 16.7. The number of allylic oxidation sites excluding steroid dienone is 1. The van der Waals surface area contributed by atoms with Gasteiger partial charge < -0.3 is 19.5 Å². The van der Waals surface area contributed by atoms with Gasteiger partial charge in [-0.3, -0.25) is 0 Å². The number of hydrogen-bond donors (Lipinski definition) is 1. The van der Waals surface area contributed by atoms with Crippen molar-refractivity contribution in [2.24, 2.45) is 0 Å². The zero-order valence-corrected chi connectivity index (χ0v) is 16.7. The Labute approximate surface area is 164 Å². The van der Waals surface area contributed by atoms with Gasteiger partial charge in [-0.15, -0.1) is 0 Å². The van der Waals surface area contributed by atoms with Crippen molar-refractivity contribution in [3.8, 4) is 11.5 Å². The first-order valence-electron chi connectivity index (χ1n) is 9.45. The molecular formula is C20H26N4O4. The Hall–Kier alpha value is -3.03. The van der Waals surface area contributed by atoms with E-state index in [4.69, 9.17) is 14.2 Å². The number of carbonyl (C=O) groups excluding carboxylic acids is 1. The van der Waals surface area contributed by atoms with E-state index in [1.807, 2.05) is 25.1 Å². The van der Waals surface area contributed by atoms with Crippen molar-refractivity contribution in [2.45, 2.75) is 39.7 Å². The predicted molar refractivity (Wildman–Crippen MR) is 105 cm³/mol. The number of carbonyl (C=O) groups is 1. The summed E-state index contributed by atoms with van der Waals surface area (Å²) in [6.45, 7) is 6.64. The lowest BCUT2D eigenvalue weighted by molar-refractivity contribution is -0.139. The van der Waals surface area contributed by atoms with Gasteiger partial charge in [0.1, 0.15) is 12.4 Å². The average molecular weight is 386 g/mol. The number of ether oxygens (including phenoxy) is 3. The quantitative estimate of drug-likeness (QED) is 0.550. The molecule has 2 heterocycles. The first-order valence-corrected chi connectivity index (χ1v) is 9.45. The van der Waals surface area contributed by atoms with Gasteiger partial charge in [0.2, 0.25) is 5.95 Å². The highest BCUT2D eigenvalue weighted by atomic mass is 16.5. The van der Waals surface area contributed by atoms with Gasteiger partial charge in [-0.25, -0.2) is 9.48 Å². The Morgan fingerprint density at radius 1 is 1.29 bits per heavy atom. The summed E-state index contributed by atoms with van der Waals surface area (Å²) in [7, 11) is 1.60. The molecule has 1 aromatic heterocycles. The molecule has 0 spiro atoms. The fourth-order valence-electron chi connectivity index (χ4n) is 3.17. The van der Waals surface area contributed by atoms with Crippen LogP contribution >= 0.6 is 0 Å². The number of nitrogens with one attached hydrogen (secondary N) is 1. The molecule has 8 heteroatoms. The summed E-state index contributed by atoms with van der Waals surface area (Å²) in [6.07, 6.45) is 3.48. The Kier molecular flexibility index (Phi) is 6.18. The van der Waals surface area contributed by atoms with Gasteiger partial charge in [0, 0.05) is 5.70 Å². The topological polar surface area (TPSA) is 87.5 Å². The lowest BCUT2D eigenvalue weighted by Gasteiger charge is -2.28. The van der Waals surface area contributed by atoms with Crippen LogP contribution in [0.15, 0.2) is 35.8 Å². The first-order chi connectivity index (χ1) is 13.6. The molecule has 0 aliphatic carbocycles. The average Bonchev–Trinajstić information content (AvgIpc) is 3.15. The summed E-state index contributed by atoms with van der Waals surface area (Å²) in [5, 5.41) is 7.42. The van der Waals surface area contributed by atoms with Gasteiger partial charge in [-0.1, -0.05) is 19.4 Å². The molecule has 1 aliphatic rings. The molecular weight excluding hydrogens is 360 g/mol. The largest absolute Gasteiger partial charge is 0.493 e. The SMILES string of the molecule is CCCCOc1ccc(C2C(C(=O)OCC)=C(C)Nc3ncnn32)cc1OC. The molecule has 1 aliphatic heterocycles. The van der Waals surface area contributed by atoms with Crippen LogP contribution in [0.1, 0.15) is 45.2 Å². The van der Waals surface area contributed by atoms with Crippen molar-refractivity contribution < 1.29 is 19.0 Å². The Balaban J connectivity index is 2.02. The van der Waals surface area contributed by atoms with E-state index in [9.17, 15) is 4.79 Å². The highest BCUT2D eigenvalue weighted by molar-refractivity contribution is 5.92. The standard InChI is InChI=1S/C20H26N4O4/c1-5-7-10-28-15-9-8-14(11-16(15)26-4)18-17(19(25)27-6-2)13(3)23-20-21-12-22-24(18)20/h8-9,11-12,18H,5-7,10H2,1-4H3,(H,21,22,23). The van der Waals surface area contributed by atoms with E-state index in [0.717, 1.165) is 18.4 Å². The number of methoxy groups -OCH3 is 1. The van der Waals surface area contributed by atoms with Crippen LogP contribution in [-0.4, -0.2) is 41.1 Å². The number of nitrogens with zero attached hydrogens (tertiary/aromatic N) is 3. The van der Waals surface area contributed by atoms with Crippen LogP contribution < -0.4 is 14.8 Å². The van der Waals surface area contributed by atoms with Gasteiger partial charge >= 0.3 is 5.97 Å². The monoisotopic (exact) mass is 386 g/mol. The number of anilines is 1. The molecule has 1 atom stereocenters. The minimum Gasteiger partial charge on any atom is -0.493 e. The molecule has 0 bridgehead atoms. The van der Waals surface area contributed by atoms with E-state index in [1.165, 1.54) is 6.33 Å². The van der Waals surface area contributed by atoms with Crippen LogP contribution in [0, 0.1) is 0 Å². The van der Waals surface area contributed by atoms with Crippen molar-refractivity contribution in [3.63, 3.8) is 0 Å². The summed E-state index contributed by atoms with van der Waals surface area (Å²) in [6, 6.07) is 5.17. The van der Waals surface area contributed by atoms with Crippen LogP contribution in [-0.2, 0) is 9.53 Å². The molecule has 0 fully saturated rings. The molecule has 0 amide bonds. The van der Waals surface area contributed by atoms with Crippen molar-refractivity contribution in [1.29, 1.82) is 0 Å². The molecule has 0 saturated heterocycles. The fraction of sp³-hybridized carbons (Fsp3) is 0.450. The van der Waals surface area contributed by atoms with Crippen LogP contribution in [0.2, 0.25) is 0 Å². The molecule has 8 nitrogen and oxygen atoms in total. The van der Waals surface area contributed by atoms with Crippen molar-refractivity contribution in [3.05, 3.63) is 41.4 Å². The lowest BCUT2D eigenvalue weighted by atomic mass is 9.95. The molecule has 0 radical (unpaired) electrons. The maximum absolute atomic E-state index is 12.7. The minimum absolute atomic E-state index is 0.292. The molecule has 1 aromatic carbocycles. The second-order valence-electron chi connectivity index (χ2n) is 6.43. The summed E-state index contributed by atoms with van der Waals surface area (Å²) in [5.74, 6) is 1.46. The summed E-state index contributed by atoms with van der Waals surface area (Å²) < 4.78 is 18.3. The Morgan fingerprint density at radius 3 is 2.82 bits per heavy atom. The van der Waals surface area contributed by atoms with Crippen molar-refractivity contribution in [2.75, 3.05) is 25.6 Å². The number of aromatic nitrogens is 3. The number of esters is 1. The van der Waals surface area contributed by atoms with E-state index < -0.39 is 6.04 Å². The summed E-state index contributed by atoms with van der Waals surface area (Å²) in [5.41, 5.74) is 2.00. The Bertz CT molecular complexity index is 875. The zero-order chi connectivity index (χ0) is 20.1. The number of unbranched alkanes of at least 4 members (excludes halogenated alkanes) is 1. The highest BCUT2D eigenvalue weighted by Crippen LogP contribution is 2.38. The van der Waals surface area contributed by atoms with Gasteiger partial charge in [0.15, 0.2) is 11.5 Å². The molecule has 3 rings (SSSR count). The number of fused-ring (bicyclic) bond motifs is 1. The van der Waals surface area contributed by atoms with E-state index >= 15 is 0 Å². The van der Waals surface area contributed by atoms with E-state index in [0.29, 0.717) is 41.9 Å². The first kappa shape index (κ1) is 19.7. The number of hydrogen-bond acceptors (Lipinski definition) is 7. The number of rotatable bonds is 8. The second-order valence-corrected chi connectivity index (χ2v) is 6.43. The van der Waals surface area contributed by atoms with E-state index in [1.54, 1.807) is 18.7 Å². The van der Waals surface area contributed by atoms with Crippen LogP contribution in [0.25, 0.3) is 0 Å². The second kappa shape index (κ2) is 8.77. The van der Waals surface area contributed by atoms with E-state index in [2.05, 4.69) is 22.3 Å². The third kappa shape index (κ3) is 3.81. The molecule has 2 aromatic rings. The Morgan fingerprint density at radius 2 is 2.11 bits per heavy atom.